The van der Waals surface area contributed by atoms with Crippen LogP contribution in [0.15, 0.2) is 36.5 Å². The molecule has 0 bridgehead atoms. The van der Waals surface area contributed by atoms with E-state index in [0.29, 0.717) is 5.69 Å². The minimum absolute atomic E-state index is 0.0888. The molecule has 2 rings (SSSR count). The molecule has 0 N–H and O–H groups in total. The summed E-state index contributed by atoms with van der Waals surface area (Å²) in [5.74, 6) is 0. The summed E-state index contributed by atoms with van der Waals surface area (Å²) in [6, 6.07) is 9.77. The molecule has 1 heterocycles. The quantitative estimate of drug-likeness (QED) is 0.773. The molecule has 0 radical (unpaired) electrons. The Bertz CT molecular complexity index is 495. The van der Waals surface area contributed by atoms with Gasteiger partial charge in [-0.05, 0) is 17.5 Å². The van der Waals surface area contributed by atoms with Gasteiger partial charge in [0.1, 0.15) is 6.67 Å². The third-order valence-corrected chi connectivity index (χ3v) is 2.75. The Kier molecular flexibility index (Phi) is 3.01. The molecule has 1 aromatic carbocycles. The summed E-state index contributed by atoms with van der Waals surface area (Å²) in [7, 11) is 0. The SMILES string of the molecule is CC(C)(C)c1cn(-c2ccccc2)nc1CF. The molecule has 0 aliphatic rings. The van der Waals surface area contributed by atoms with Gasteiger partial charge in [0.05, 0.1) is 11.4 Å². The highest BCUT2D eigenvalue weighted by Gasteiger charge is 2.21. The number of hydrogen-bond acceptors (Lipinski definition) is 1. The molecule has 0 spiro atoms. The number of alkyl halides is 1. The van der Waals surface area contributed by atoms with E-state index < -0.39 is 6.67 Å². The van der Waals surface area contributed by atoms with Crippen LogP contribution in [0.1, 0.15) is 32.0 Å². The zero-order chi connectivity index (χ0) is 12.5. The molecule has 0 fully saturated rings. The summed E-state index contributed by atoms with van der Waals surface area (Å²) in [5.41, 5.74) is 2.36. The van der Waals surface area contributed by atoms with Gasteiger partial charge in [-0.2, -0.15) is 5.10 Å². The molecule has 3 heteroatoms. The van der Waals surface area contributed by atoms with Gasteiger partial charge < -0.3 is 0 Å². The van der Waals surface area contributed by atoms with Gasteiger partial charge in [-0.15, -0.1) is 0 Å². The van der Waals surface area contributed by atoms with Crippen molar-refractivity contribution in [1.29, 1.82) is 0 Å². The fourth-order valence-corrected chi connectivity index (χ4v) is 1.85. The van der Waals surface area contributed by atoms with Gasteiger partial charge in [-0.3, -0.25) is 0 Å². The van der Waals surface area contributed by atoms with Crippen LogP contribution in [0.5, 0.6) is 0 Å². The van der Waals surface area contributed by atoms with Crippen molar-refractivity contribution < 1.29 is 4.39 Å². The maximum Gasteiger partial charge on any atom is 0.134 e. The van der Waals surface area contributed by atoms with E-state index in [1.807, 2.05) is 36.5 Å². The maximum absolute atomic E-state index is 13.0. The van der Waals surface area contributed by atoms with Gasteiger partial charge in [0, 0.05) is 11.8 Å². The largest absolute Gasteiger partial charge is 0.244 e. The fraction of sp³-hybridized carbons (Fsp3) is 0.357. The van der Waals surface area contributed by atoms with E-state index in [0.717, 1.165) is 11.3 Å². The Morgan fingerprint density at radius 2 is 1.82 bits per heavy atom. The topological polar surface area (TPSA) is 17.8 Å². The van der Waals surface area contributed by atoms with Crippen LogP contribution in [-0.4, -0.2) is 9.78 Å². The van der Waals surface area contributed by atoms with Crippen LogP contribution in [0.4, 0.5) is 4.39 Å². The second-order valence-corrected chi connectivity index (χ2v) is 5.15. The average Bonchev–Trinajstić information content (AvgIpc) is 2.74. The molecule has 0 unspecified atom stereocenters. The van der Waals surface area contributed by atoms with Gasteiger partial charge in [-0.25, -0.2) is 9.07 Å². The lowest BCUT2D eigenvalue weighted by molar-refractivity contribution is 0.461. The maximum atomic E-state index is 13.0. The van der Waals surface area contributed by atoms with Gasteiger partial charge in [0.25, 0.3) is 0 Å². The van der Waals surface area contributed by atoms with Crippen LogP contribution in [0, 0.1) is 0 Å². The molecule has 0 atom stereocenters. The van der Waals surface area contributed by atoms with Gasteiger partial charge in [0.15, 0.2) is 0 Å². The van der Waals surface area contributed by atoms with Gasteiger partial charge >= 0.3 is 0 Å². The van der Waals surface area contributed by atoms with Crippen molar-refractivity contribution >= 4 is 0 Å². The Balaban J connectivity index is 2.49. The first-order chi connectivity index (χ1) is 8.02. The second-order valence-electron chi connectivity index (χ2n) is 5.15. The van der Waals surface area contributed by atoms with Crippen LogP contribution in [0.25, 0.3) is 5.69 Å². The number of nitrogens with zero attached hydrogens (tertiary/aromatic N) is 2. The molecule has 90 valence electrons. The number of aromatic nitrogens is 2. The molecule has 0 aliphatic heterocycles. The van der Waals surface area contributed by atoms with Crippen LogP contribution in [0.3, 0.4) is 0 Å². The lowest BCUT2D eigenvalue weighted by Crippen LogP contribution is -2.12. The predicted octanol–water partition coefficient (Wildman–Crippen LogP) is 3.64. The molecule has 0 saturated carbocycles. The molecule has 0 aliphatic carbocycles. The Morgan fingerprint density at radius 1 is 1.18 bits per heavy atom. The summed E-state index contributed by atoms with van der Waals surface area (Å²) < 4.78 is 14.7. The molecular weight excluding hydrogens is 215 g/mol. The number of para-hydroxylation sites is 1. The third kappa shape index (κ3) is 2.38. The van der Waals surface area contributed by atoms with Crippen LogP contribution in [0.2, 0.25) is 0 Å². The summed E-state index contributed by atoms with van der Waals surface area (Å²) in [6.07, 6.45) is 1.92. The highest BCUT2D eigenvalue weighted by Crippen LogP contribution is 2.26. The summed E-state index contributed by atoms with van der Waals surface area (Å²) in [4.78, 5) is 0. The van der Waals surface area contributed by atoms with E-state index in [1.54, 1.807) is 4.68 Å². The Labute approximate surface area is 101 Å². The minimum Gasteiger partial charge on any atom is -0.244 e. The van der Waals surface area contributed by atoms with E-state index in [-0.39, 0.29) is 5.41 Å². The second kappa shape index (κ2) is 4.32. The molecule has 2 aromatic rings. The predicted molar refractivity (Wildman–Crippen MR) is 67.1 cm³/mol. The van der Waals surface area contributed by atoms with Gasteiger partial charge in [0.2, 0.25) is 0 Å². The summed E-state index contributed by atoms with van der Waals surface area (Å²) >= 11 is 0. The molecule has 17 heavy (non-hydrogen) atoms. The highest BCUT2D eigenvalue weighted by atomic mass is 19.1. The molecular formula is C14H17FN2. The summed E-state index contributed by atoms with van der Waals surface area (Å²) in [6.45, 7) is 5.68. The molecule has 0 saturated heterocycles. The van der Waals surface area contributed by atoms with E-state index in [4.69, 9.17) is 0 Å². The molecule has 2 nitrogen and oxygen atoms in total. The summed E-state index contributed by atoms with van der Waals surface area (Å²) in [5, 5.41) is 4.31. The number of benzene rings is 1. The first-order valence-corrected chi connectivity index (χ1v) is 5.73. The zero-order valence-corrected chi connectivity index (χ0v) is 10.4. The van der Waals surface area contributed by atoms with E-state index in [1.165, 1.54) is 0 Å². The lowest BCUT2D eigenvalue weighted by atomic mass is 9.87. The van der Waals surface area contributed by atoms with Crippen molar-refractivity contribution in [3.8, 4) is 5.69 Å². The van der Waals surface area contributed by atoms with E-state index in [2.05, 4.69) is 25.9 Å². The Hall–Kier alpha value is -1.64. The smallest absolute Gasteiger partial charge is 0.134 e. The number of rotatable bonds is 2. The van der Waals surface area contributed by atoms with Crippen molar-refractivity contribution in [2.24, 2.45) is 0 Å². The van der Waals surface area contributed by atoms with Crippen molar-refractivity contribution in [3.05, 3.63) is 47.8 Å². The standard InChI is InChI=1S/C14H17FN2/c1-14(2,3)12-10-17(16-13(12)9-15)11-7-5-4-6-8-11/h4-8,10H,9H2,1-3H3. The number of halogens is 1. The van der Waals surface area contributed by atoms with E-state index >= 15 is 0 Å². The van der Waals surface area contributed by atoms with E-state index in [9.17, 15) is 4.39 Å². The first kappa shape index (κ1) is 11.8. The zero-order valence-electron chi connectivity index (χ0n) is 10.4. The monoisotopic (exact) mass is 232 g/mol. The Morgan fingerprint density at radius 3 is 2.29 bits per heavy atom. The highest BCUT2D eigenvalue weighted by molar-refractivity contribution is 5.34. The fourth-order valence-electron chi connectivity index (χ4n) is 1.85. The van der Waals surface area contributed by atoms with Crippen molar-refractivity contribution in [2.75, 3.05) is 0 Å². The number of hydrogen-bond donors (Lipinski definition) is 0. The third-order valence-electron chi connectivity index (χ3n) is 2.75. The van der Waals surface area contributed by atoms with Crippen molar-refractivity contribution in [1.82, 2.24) is 9.78 Å². The first-order valence-electron chi connectivity index (χ1n) is 5.73. The minimum atomic E-state index is -0.521. The van der Waals surface area contributed by atoms with Gasteiger partial charge in [-0.1, -0.05) is 39.0 Å². The van der Waals surface area contributed by atoms with Crippen molar-refractivity contribution in [3.63, 3.8) is 0 Å². The molecule has 1 aromatic heterocycles. The van der Waals surface area contributed by atoms with Crippen molar-refractivity contribution in [2.45, 2.75) is 32.9 Å². The average molecular weight is 232 g/mol. The lowest BCUT2D eigenvalue weighted by Gasteiger charge is -2.17. The normalized spacial score (nSPS) is 11.8. The van der Waals surface area contributed by atoms with Crippen LogP contribution in [-0.2, 0) is 12.1 Å². The van der Waals surface area contributed by atoms with Crippen LogP contribution >= 0.6 is 0 Å². The molecule has 0 amide bonds. The van der Waals surface area contributed by atoms with Crippen LogP contribution < -0.4 is 0 Å².